The summed E-state index contributed by atoms with van der Waals surface area (Å²) < 4.78 is 0. The largest absolute Gasteiger partial charge is 0.693 e. The fraction of sp³-hybridized carbons (Fsp3) is 0.500. The second kappa shape index (κ2) is 20.9. The number of nitrogens with two attached hydrogens (primary N) is 2. The number of hydrogen-bond donors (Lipinski definition) is 3. The fourth-order valence-corrected chi connectivity index (χ4v) is 1.42. The van der Waals surface area contributed by atoms with Crippen LogP contribution < -0.4 is 5.32 Å². The molecule has 150 valence electrons. The van der Waals surface area contributed by atoms with Crippen molar-refractivity contribution in [2.24, 2.45) is 0 Å². The van der Waals surface area contributed by atoms with Crippen molar-refractivity contribution >= 4 is 42.7 Å². The van der Waals surface area contributed by atoms with E-state index >= 15 is 0 Å². The second-order valence-corrected chi connectivity index (χ2v) is 7.30. The van der Waals surface area contributed by atoms with Crippen LogP contribution in [0.4, 0.5) is 4.79 Å². The number of hydrogen-bond acceptors (Lipinski definition) is 4. The van der Waals surface area contributed by atoms with Crippen molar-refractivity contribution in [1.82, 2.24) is 10.2 Å². The molecular weight excluding hydrogens is 562 g/mol. The first kappa shape index (κ1) is 31.6. The average molecular weight is 584 g/mol. The van der Waals surface area contributed by atoms with Crippen molar-refractivity contribution in [3.8, 4) is 0 Å². The Morgan fingerprint density at radius 3 is 1.84 bits per heavy atom. The van der Waals surface area contributed by atoms with Gasteiger partial charge in [0.1, 0.15) is 0 Å². The number of aliphatic carboxylic acids is 1. The van der Waals surface area contributed by atoms with Crippen LogP contribution in [-0.2, 0) is 30.9 Å². The van der Waals surface area contributed by atoms with E-state index in [9.17, 15) is 14.4 Å². The van der Waals surface area contributed by atoms with Gasteiger partial charge in [0.2, 0.25) is 0 Å². The third-order valence-corrected chi connectivity index (χ3v) is 2.24. The Balaban J connectivity index is -0.000000211. The van der Waals surface area contributed by atoms with Gasteiger partial charge < -0.3 is 27.8 Å². The minimum Gasteiger partial charge on any atom is -0.693 e. The molecule has 1 heterocycles. The first-order valence-corrected chi connectivity index (χ1v) is 11.9. The van der Waals surface area contributed by atoms with Crippen LogP contribution in [0.3, 0.4) is 0 Å². The van der Waals surface area contributed by atoms with Gasteiger partial charge in [-0.3, -0.25) is 19.3 Å². The van der Waals surface area contributed by atoms with Gasteiger partial charge in [0, 0.05) is 32.2 Å². The molecule has 0 saturated carbocycles. The van der Waals surface area contributed by atoms with E-state index in [2.05, 4.69) is 5.32 Å². The van der Waals surface area contributed by atoms with Crippen molar-refractivity contribution in [3.05, 3.63) is 24.5 Å². The summed E-state index contributed by atoms with van der Waals surface area (Å²) in [5.74, 6) is -1.37. The van der Waals surface area contributed by atoms with Crippen LogP contribution >= 0.6 is 18.8 Å². The molecule has 0 radical (unpaired) electrons. The van der Waals surface area contributed by atoms with Crippen molar-refractivity contribution in [2.75, 3.05) is 13.1 Å². The van der Waals surface area contributed by atoms with Gasteiger partial charge in [0.15, 0.2) is 0 Å². The zero-order chi connectivity index (χ0) is 18.3. The Labute approximate surface area is 162 Å². The van der Waals surface area contributed by atoms with Crippen molar-refractivity contribution in [1.29, 1.82) is 0 Å². The van der Waals surface area contributed by atoms with Gasteiger partial charge in [0.25, 0.3) is 17.8 Å². The Hall–Kier alpha value is -1.19. The van der Waals surface area contributed by atoms with Crippen LogP contribution in [0.2, 0.25) is 0 Å². The maximum Gasteiger partial charge on any atom is -0.693 e. The number of rotatable bonds is 6. The van der Waals surface area contributed by atoms with Gasteiger partial charge in [-0.2, -0.15) is 0 Å². The Morgan fingerprint density at radius 2 is 1.48 bits per heavy atom. The van der Waals surface area contributed by atoms with Crippen LogP contribution in [0.15, 0.2) is 12.2 Å². The van der Waals surface area contributed by atoms with Gasteiger partial charge in [-0.15, -0.1) is 0 Å². The summed E-state index contributed by atoms with van der Waals surface area (Å²) in [7, 11) is 9.75. The normalized spacial score (nSPS) is 11.2. The molecular formula is C12H22Cl2N4O6Pt. The maximum absolute atomic E-state index is 11.1. The van der Waals surface area contributed by atoms with Crippen molar-refractivity contribution < 1.29 is 45.9 Å². The number of amides is 3. The van der Waals surface area contributed by atoms with E-state index in [0.717, 1.165) is 13.3 Å². The summed E-state index contributed by atoms with van der Waals surface area (Å²) in [5.41, 5.74) is 0. The molecule has 1 rings (SSSR count). The van der Waals surface area contributed by atoms with Crippen LogP contribution in [0.25, 0.3) is 12.3 Å². The van der Waals surface area contributed by atoms with Gasteiger partial charge in [-0.05, 0) is 19.3 Å². The number of carboxylic acid groups (broad SMARTS) is 2. The number of carboxylic acids is 1. The minimum atomic E-state index is -1.03. The monoisotopic (exact) mass is 583 g/mol. The molecule has 0 saturated heterocycles. The number of nitrogens with zero attached hydrogens (tertiary/aromatic N) is 1. The molecule has 10 nitrogen and oxygen atoms in total. The fourth-order valence-electron chi connectivity index (χ4n) is 1.42. The van der Waals surface area contributed by atoms with Gasteiger partial charge in [-0.1, -0.05) is 0 Å². The number of nitrogens with one attached hydrogen (secondary N) is 1. The first-order chi connectivity index (χ1) is 10.8. The standard InChI is InChI=1S/C10H14N2O4.C2H4O2.2ClH.2H2N.Pt/c13-8-4-5-9(14)12(8)7-3-1-2-6-11-10(15)16;1-2(3)4;;;;;/h4-5,11H,1-3,6-7H2,(H,15,16);1H3,(H,3,4);2*1H;2*1H2;/q;;;;2*-1;+4/p-2. The number of carbonyl (C=O) groups excluding carboxylic acids is 2. The summed E-state index contributed by atoms with van der Waals surface area (Å²) >= 11 is -0.472. The smallest absolute Gasteiger partial charge is 0.693 e. The maximum atomic E-state index is 11.1. The molecule has 0 bridgehead atoms. The summed E-state index contributed by atoms with van der Waals surface area (Å²) in [6, 6.07) is 0. The Kier molecular flexibility index (Phi) is 26.3. The van der Waals surface area contributed by atoms with Crippen LogP contribution in [0, 0.1) is 0 Å². The molecule has 7 N–H and O–H groups in total. The van der Waals surface area contributed by atoms with Gasteiger partial charge in [-0.25, -0.2) is 4.79 Å². The van der Waals surface area contributed by atoms with E-state index in [-0.39, 0.29) is 24.1 Å². The average Bonchev–Trinajstić information content (AvgIpc) is 2.74. The minimum absolute atomic E-state index is 0. The van der Waals surface area contributed by atoms with Gasteiger partial charge >= 0.3 is 41.4 Å². The summed E-state index contributed by atoms with van der Waals surface area (Å²) in [4.78, 5) is 42.5. The van der Waals surface area contributed by atoms with Crippen LogP contribution in [0.1, 0.15) is 26.2 Å². The quantitative estimate of drug-likeness (QED) is 0.317. The molecule has 1 aliphatic heterocycles. The molecule has 3 amide bonds. The predicted octanol–water partition coefficient (Wildman–Crippen LogP) is 3.25. The number of imide groups is 1. The molecule has 13 heteroatoms. The molecule has 25 heavy (non-hydrogen) atoms. The molecule has 0 fully saturated rings. The summed E-state index contributed by atoms with van der Waals surface area (Å²) in [6.07, 6.45) is 3.66. The van der Waals surface area contributed by atoms with E-state index in [4.69, 9.17) is 33.8 Å². The van der Waals surface area contributed by atoms with Crippen molar-refractivity contribution in [3.63, 3.8) is 0 Å². The zero-order valence-corrected chi connectivity index (χ0v) is 17.2. The third kappa shape index (κ3) is 22.8. The zero-order valence-electron chi connectivity index (χ0n) is 13.4. The Bertz CT molecular complexity index is 418. The second-order valence-electron chi connectivity index (χ2n) is 4.02. The molecule has 1 aliphatic rings. The molecule has 0 aromatic rings. The van der Waals surface area contributed by atoms with Crippen LogP contribution in [-0.4, -0.2) is 52.1 Å². The molecule has 0 atom stereocenters. The van der Waals surface area contributed by atoms with Gasteiger partial charge in [0.05, 0.1) is 0 Å². The molecule has 0 aliphatic carbocycles. The van der Waals surface area contributed by atoms with E-state index in [1.54, 1.807) is 0 Å². The molecule has 0 unspecified atom stereocenters. The molecule has 0 aromatic carbocycles. The topological polar surface area (TPSA) is 191 Å². The number of halogens is 2. The SMILES string of the molecule is CC(=O)O.O=C(O)NCCCCCN1C(=O)C=CC1=O.[Cl][Pt+2][Cl].[NH2-].[NH2-]. The molecule has 0 aromatic heterocycles. The van der Waals surface area contributed by atoms with Crippen molar-refractivity contribution in [2.45, 2.75) is 26.2 Å². The summed E-state index contributed by atoms with van der Waals surface area (Å²) in [5, 5.41) is 18.0. The van der Waals surface area contributed by atoms with E-state index in [1.165, 1.54) is 17.1 Å². The molecule has 0 spiro atoms. The van der Waals surface area contributed by atoms with E-state index in [0.29, 0.717) is 25.9 Å². The van der Waals surface area contributed by atoms with E-state index in [1.807, 2.05) is 0 Å². The summed E-state index contributed by atoms with van der Waals surface area (Å²) in [6.45, 7) is 1.88. The number of unbranched alkanes of at least 4 members (excludes halogenated alkanes) is 2. The van der Waals surface area contributed by atoms with E-state index < -0.39 is 28.5 Å². The predicted molar refractivity (Wildman–Crippen MR) is 91.3 cm³/mol. The Morgan fingerprint density at radius 1 is 1.08 bits per heavy atom. The number of carbonyl (C=O) groups is 4. The third-order valence-electron chi connectivity index (χ3n) is 2.24. The first-order valence-electron chi connectivity index (χ1n) is 6.28. The van der Waals surface area contributed by atoms with Crippen LogP contribution in [0.5, 0.6) is 0 Å².